The Hall–Kier alpha value is -4.21. The molecule has 0 spiro atoms. The van der Waals surface area contributed by atoms with Crippen LogP contribution < -0.4 is 14.4 Å². The van der Waals surface area contributed by atoms with Crippen LogP contribution >= 0.6 is 0 Å². The van der Waals surface area contributed by atoms with Crippen molar-refractivity contribution < 1.29 is 23.6 Å². The first-order valence-corrected chi connectivity index (χ1v) is 11.1. The zero-order valence-corrected chi connectivity index (χ0v) is 18.4. The molecule has 4 heterocycles. The maximum Gasteiger partial charge on any atom is 0.274 e. The van der Waals surface area contributed by atoms with Gasteiger partial charge in [-0.05, 0) is 43.2 Å². The fourth-order valence-electron chi connectivity index (χ4n) is 4.52. The van der Waals surface area contributed by atoms with E-state index in [1.54, 1.807) is 17.0 Å². The molecule has 10 heteroatoms. The fraction of sp³-hybridized carbons (Fsp3) is 0.292. The summed E-state index contributed by atoms with van der Waals surface area (Å²) in [6, 6.07) is 13.2. The summed E-state index contributed by atoms with van der Waals surface area (Å²) in [5.41, 5.74) is 3.19. The van der Waals surface area contributed by atoms with E-state index in [2.05, 4.69) is 15.2 Å². The molecule has 1 aromatic heterocycles. The van der Waals surface area contributed by atoms with Gasteiger partial charge in [0, 0.05) is 30.1 Å². The van der Waals surface area contributed by atoms with Crippen LogP contribution in [0.4, 0.5) is 5.69 Å². The van der Waals surface area contributed by atoms with Crippen LogP contribution in [0.25, 0.3) is 11.4 Å². The molecular formula is C24H21N5O5. The molecule has 0 radical (unpaired) electrons. The Bertz CT molecular complexity index is 1330. The molecule has 1 atom stereocenters. The Morgan fingerprint density at radius 3 is 2.88 bits per heavy atom. The Kier molecular flexibility index (Phi) is 4.79. The number of amides is 2. The first-order chi connectivity index (χ1) is 16.6. The van der Waals surface area contributed by atoms with Crippen molar-refractivity contribution in [3.63, 3.8) is 0 Å². The van der Waals surface area contributed by atoms with Crippen LogP contribution in [0, 0.1) is 0 Å². The van der Waals surface area contributed by atoms with E-state index in [1.165, 1.54) is 5.01 Å². The highest BCUT2D eigenvalue weighted by Crippen LogP contribution is 2.35. The van der Waals surface area contributed by atoms with Crippen molar-refractivity contribution in [1.82, 2.24) is 15.1 Å². The molecule has 0 saturated heterocycles. The second-order valence-electron chi connectivity index (χ2n) is 8.43. The summed E-state index contributed by atoms with van der Waals surface area (Å²) in [4.78, 5) is 31.9. The normalized spacial score (nSPS) is 18.8. The van der Waals surface area contributed by atoms with Gasteiger partial charge in [0.1, 0.15) is 12.3 Å². The third kappa shape index (κ3) is 3.47. The fourth-order valence-corrected chi connectivity index (χ4v) is 4.52. The van der Waals surface area contributed by atoms with E-state index in [9.17, 15) is 9.59 Å². The minimum atomic E-state index is -0.215. The number of para-hydroxylation sites is 1. The van der Waals surface area contributed by atoms with E-state index in [0.717, 1.165) is 17.7 Å². The van der Waals surface area contributed by atoms with Crippen LogP contribution in [0.2, 0.25) is 0 Å². The SMILES string of the molecule is C[C@H]1Cc2ccccc2N1C(=O)CN1N=C(c2nc(-c3ccc4c(c3)OCO4)no2)CCC1=O. The summed E-state index contributed by atoms with van der Waals surface area (Å²) in [6.07, 6.45) is 1.35. The lowest BCUT2D eigenvalue weighted by Crippen LogP contribution is -2.44. The van der Waals surface area contributed by atoms with E-state index in [-0.39, 0.29) is 43.5 Å². The number of hydrogen-bond acceptors (Lipinski definition) is 8. The second kappa shape index (κ2) is 7.98. The molecule has 0 fully saturated rings. The third-order valence-electron chi connectivity index (χ3n) is 6.17. The molecule has 3 aliphatic rings. The average Bonchev–Trinajstić information content (AvgIpc) is 3.57. The standard InChI is InChI=1S/C24H21N5O5/c1-14-10-15-4-2-3-5-18(15)29(14)22(31)12-28-21(30)9-7-17(26-28)24-25-23(27-34-24)16-6-8-19-20(11-16)33-13-32-19/h2-6,8,11,14H,7,9-10,12-13H2,1H3/t14-/m0/s1. The predicted molar refractivity (Wildman–Crippen MR) is 120 cm³/mol. The number of rotatable bonds is 4. The van der Waals surface area contributed by atoms with Gasteiger partial charge in [0.2, 0.25) is 24.4 Å². The lowest BCUT2D eigenvalue weighted by atomic mass is 10.1. The first-order valence-electron chi connectivity index (χ1n) is 11.1. The van der Waals surface area contributed by atoms with Gasteiger partial charge < -0.3 is 18.9 Å². The number of aromatic nitrogens is 2. The molecule has 0 bridgehead atoms. The Labute approximate surface area is 194 Å². The highest BCUT2D eigenvalue weighted by molar-refractivity contribution is 6.03. The van der Waals surface area contributed by atoms with Crippen LogP contribution in [0.3, 0.4) is 0 Å². The van der Waals surface area contributed by atoms with E-state index in [1.807, 2.05) is 37.3 Å². The number of hydrogen-bond donors (Lipinski definition) is 0. The van der Waals surface area contributed by atoms with Crippen molar-refractivity contribution in [2.24, 2.45) is 5.10 Å². The smallest absolute Gasteiger partial charge is 0.274 e. The maximum atomic E-state index is 13.1. The molecule has 172 valence electrons. The molecule has 2 aromatic carbocycles. The van der Waals surface area contributed by atoms with Crippen molar-refractivity contribution in [3.05, 3.63) is 53.9 Å². The van der Waals surface area contributed by atoms with E-state index < -0.39 is 0 Å². The number of ether oxygens (including phenoxy) is 2. The summed E-state index contributed by atoms with van der Waals surface area (Å²) in [5, 5.41) is 9.66. The third-order valence-corrected chi connectivity index (χ3v) is 6.17. The first kappa shape index (κ1) is 20.4. The van der Waals surface area contributed by atoms with E-state index in [0.29, 0.717) is 35.0 Å². The molecule has 3 aromatic rings. The molecule has 10 nitrogen and oxygen atoms in total. The van der Waals surface area contributed by atoms with E-state index >= 15 is 0 Å². The molecule has 3 aliphatic heterocycles. The van der Waals surface area contributed by atoms with Crippen molar-refractivity contribution in [2.45, 2.75) is 32.2 Å². The molecule has 6 rings (SSSR count). The monoisotopic (exact) mass is 459 g/mol. The van der Waals surface area contributed by atoms with Gasteiger partial charge in [0.15, 0.2) is 11.5 Å². The highest BCUT2D eigenvalue weighted by atomic mass is 16.7. The van der Waals surface area contributed by atoms with Gasteiger partial charge >= 0.3 is 0 Å². The van der Waals surface area contributed by atoms with Gasteiger partial charge in [0.05, 0.1) is 0 Å². The van der Waals surface area contributed by atoms with Gasteiger partial charge in [-0.25, -0.2) is 5.01 Å². The zero-order valence-electron chi connectivity index (χ0n) is 18.4. The number of nitrogens with zero attached hydrogens (tertiary/aromatic N) is 5. The van der Waals surface area contributed by atoms with E-state index in [4.69, 9.17) is 14.0 Å². The minimum Gasteiger partial charge on any atom is -0.454 e. The Balaban J connectivity index is 1.22. The number of benzene rings is 2. The average molecular weight is 459 g/mol. The summed E-state index contributed by atoms with van der Waals surface area (Å²) >= 11 is 0. The molecule has 0 unspecified atom stereocenters. The number of anilines is 1. The van der Waals surface area contributed by atoms with Crippen LogP contribution in [0.5, 0.6) is 11.5 Å². The van der Waals surface area contributed by atoms with Crippen molar-refractivity contribution in [1.29, 1.82) is 0 Å². The lowest BCUT2D eigenvalue weighted by molar-refractivity contribution is -0.135. The minimum absolute atomic E-state index is 0.0217. The highest BCUT2D eigenvalue weighted by Gasteiger charge is 2.33. The number of hydrazone groups is 1. The Morgan fingerprint density at radius 2 is 1.97 bits per heavy atom. The molecule has 2 amide bonds. The molecule has 0 aliphatic carbocycles. The largest absolute Gasteiger partial charge is 0.454 e. The quantitative estimate of drug-likeness (QED) is 0.590. The Morgan fingerprint density at radius 1 is 1.12 bits per heavy atom. The van der Waals surface area contributed by atoms with Crippen molar-refractivity contribution in [2.75, 3.05) is 18.2 Å². The van der Waals surface area contributed by atoms with Gasteiger partial charge in [-0.3, -0.25) is 9.59 Å². The molecular weight excluding hydrogens is 438 g/mol. The summed E-state index contributed by atoms with van der Waals surface area (Å²) in [6.45, 7) is 2.03. The van der Waals surface area contributed by atoms with Crippen LogP contribution in [-0.4, -0.2) is 52.1 Å². The summed E-state index contributed by atoms with van der Waals surface area (Å²) in [7, 11) is 0. The zero-order chi connectivity index (χ0) is 23.2. The number of carbonyl (C=O) groups is 2. The number of carbonyl (C=O) groups excluding carboxylic acids is 2. The second-order valence-corrected chi connectivity index (χ2v) is 8.43. The van der Waals surface area contributed by atoms with Gasteiger partial charge in [-0.15, -0.1) is 0 Å². The number of fused-ring (bicyclic) bond motifs is 2. The molecule has 0 N–H and O–H groups in total. The maximum absolute atomic E-state index is 13.1. The predicted octanol–water partition coefficient (Wildman–Crippen LogP) is 2.77. The van der Waals surface area contributed by atoms with Crippen LogP contribution in [-0.2, 0) is 16.0 Å². The summed E-state index contributed by atoms with van der Waals surface area (Å²) in [5.74, 6) is 1.48. The van der Waals surface area contributed by atoms with Crippen molar-refractivity contribution in [3.8, 4) is 22.9 Å². The summed E-state index contributed by atoms with van der Waals surface area (Å²) < 4.78 is 16.2. The van der Waals surface area contributed by atoms with Crippen molar-refractivity contribution >= 4 is 23.2 Å². The van der Waals surface area contributed by atoms with Crippen LogP contribution in [0.1, 0.15) is 31.2 Å². The van der Waals surface area contributed by atoms with Gasteiger partial charge in [-0.2, -0.15) is 10.1 Å². The molecule has 0 saturated carbocycles. The van der Waals surface area contributed by atoms with Gasteiger partial charge in [0.25, 0.3) is 5.89 Å². The lowest BCUT2D eigenvalue weighted by Gasteiger charge is -2.27. The topological polar surface area (TPSA) is 110 Å². The molecule has 34 heavy (non-hydrogen) atoms. The van der Waals surface area contributed by atoms with Crippen LogP contribution in [0.15, 0.2) is 52.1 Å². The van der Waals surface area contributed by atoms with Gasteiger partial charge in [-0.1, -0.05) is 23.4 Å².